The zero-order chi connectivity index (χ0) is 13.8. The molecule has 2 heterocycles. The highest BCUT2D eigenvalue weighted by molar-refractivity contribution is 7.17. The van der Waals surface area contributed by atoms with Crippen molar-refractivity contribution >= 4 is 27.1 Å². The van der Waals surface area contributed by atoms with Crippen LogP contribution in [0.5, 0.6) is 0 Å². The Hall–Kier alpha value is -1.06. The maximum atomic E-state index is 3.69. The highest BCUT2D eigenvalue weighted by atomic mass is 32.1. The number of thiophene rings is 1. The van der Waals surface area contributed by atoms with Crippen molar-refractivity contribution in [3.63, 3.8) is 0 Å². The predicted molar refractivity (Wildman–Crippen MR) is 89.8 cm³/mol. The SMILES string of the molecule is CC(CC1CCCCCN1)Nc1ccc2sccc2c1. The molecule has 0 bridgehead atoms. The minimum Gasteiger partial charge on any atom is -0.383 e. The van der Waals surface area contributed by atoms with Crippen LogP contribution >= 0.6 is 11.3 Å². The summed E-state index contributed by atoms with van der Waals surface area (Å²) in [6.45, 7) is 3.49. The second kappa shape index (κ2) is 6.59. The molecule has 2 atom stereocenters. The Kier molecular flexibility index (Phi) is 4.58. The molecular weight excluding hydrogens is 264 g/mol. The van der Waals surface area contributed by atoms with Gasteiger partial charge in [0, 0.05) is 22.5 Å². The van der Waals surface area contributed by atoms with Crippen LogP contribution in [0.3, 0.4) is 0 Å². The molecule has 2 unspecified atom stereocenters. The molecule has 1 aliphatic rings. The summed E-state index contributed by atoms with van der Waals surface area (Å²) in [6, 6.07) is 10.1. The monoisotopic (exact) mass is 288 g/mol. The fourth-order valence-electron chi connectivity index (χ4n) is 3.13. The summed E-state index contributed by atoms with van der Waals surface area (Å²) in [4.78, 5) is 0. The molecule has 2 N–H and O–H groups in total. The zero-order valence-electron chi connectivity index (χ0n) is 12.2. The van der Waals surface area contributed by atoms with Gasteiger partial charge in [-0.3, -0.25) is 0 Å². The van der Waals surface area contributed by atoms with E-state index in [1.807, 2.05) is 11.3 Å². The first-order valence-electron chi connectivity index (χ1n) is 7.78. The van der Waals surface area contributed by atoms with Crippen molar-refractivity contribution in [2.45, 2.75) is 51.1 Å². The quantitative estimate of drug-likeness (QED) is 0.857. The molecule has 0 spiro atoms. The van der Waals surface area contributed by atoms with E-state index < -0.39 is 0 Å². The Balaban J connectivity index is 1.58. The average molecular weight is 288 g/mol. The Morgan fingerprint density at radius 2 is 2.25 bits per heavy atom. The number of hydrogen-bond donors (Lipinski definition) is 2. The van der Waals surface area contributed by atoms with Crippen LogP contribution < -0.4 is 10.6 Å². The van der Waals surface area contributed by atoms with Crippen molar-refractivity contribution < 1.29 is 0 Å². The summed E-state index contributed by atoms with van der Waals surface area (Å²) in [5.41, 5.74) is 1.25. The molecule has 0 aliphatic carbocycles. The molecule has 0 saturated carbocycles. The average Bonchev–Trinajstić information content (AvgIpc) is 2.75. The number of anilines is 1. The number of rotatable bonds is 4. The van der Waals surface area contributed by atoms with Crippen molar-refractivity contribution in [2.75, 3.05) is 11.9 Å². The Morgan fingerprint density at radius 3 is 3.20 bits per heavy atom. The third-order valence-electron chi connectivity index (χ3n) is 4.17. The lowest BCUT2D eigenvalue weighted by atomic mass is 10.0. The summed E-state index contributed by atoms with van der Waals surface area (Å²) >= 11 is 1.81. The van der Waals surface area contributed by atoms with Gasteiger partial charge in [0.05, 0.1) is 0 Å². The summed E-state index contributed by atoms with van der Waals surface area (Å²) in [7, 11) is 0. The molecule has 1 aliphatic heterocycles. The van der Waals surface area contributed by atoms with Gasteiger partial charge in [-0.1, -0.05) is 12.8 Å². The van der Waals surface area contributed by atoms with Crippen LogP contribution in [-0.2, 0) is 0 Å². The molecule has 1 aromatic heterocycles. The smallest absolute Gasteiger partial charge is 0.0349 e. The topological polar surface area (TPSA) is 24.1 Å². The van der Waals surface area contributed by atoms with E-state index in [1.54, 1.807) is 0 Å². The molecule has 108 valence electrons. The van der Waals surface area contributed by atoms with E-state index in [1.165, 1.54) is 54.4 Å². The third kappa shape index (κ3) is 3.53. The maximum Gasteiger partial charge on any atom is 0.0349 e. The molecule has 0 radical (unpaired) electrons. The highest BCUT2D eigenvalue weighted by Gasteiger charge is 2.14. The van der Waals surface area contributed by atoms with Gasteiger partial charge in [0.25, 0.3) is 0 Å². The van der Waals surface area contributed by atoms with Gasteiger partial charge < -0.3 is 10.6 Å². The molecule has 20 heavy (non-hydrogen) atoms. The number of fused-ring (bicyclic) bond motifs is 1. The predicted octanol–water partition coefficient (Wildman–Crippen LogP) is 4.62. The molecule has 2 nitrogen and oxygen atoms in total. The molecule has 3 heteroatoms. The molecule has 2 aromatic rings. The van der Waals surface area contributed by atoms with Crippen LogP contribution in [0.2, 0.25) is 0 Å². The summed E-state index contributed by atoms with van der Waals surface area (Å²) < 4.78 is 1.37. The Labute approximate surface area is 125 Å². The van der Waals surface area contributed by atoms with E-state index in [2.05, 4.69) is 47.2 Å². The first-order chi connectivity index (χ1) is 9.81. The molecular formula is C17H24N2S. The van der Waals surface area contributed by atoms with Gasteiger partial charge in [-0.05, 0) is 67.8 Å². The van der Waals surface area contributed by atoms with Crippen molar-refractivity contribution in [3.05, 3.63) is 29.6 Å². The van der Waals surface area contributed by atoms with Crippen LogP contribution in [-0.4, -0.2) is 18.6 Å². The van der Waals surface area contributed by atoms with Crippen molar-refractivity contribution in [1.29, 1.82) is 0 Å². The van der Waals surface area contributed by atoms with E-state index in [4.69, 9.17) is 0 Å². The Morgan fingerprint density at radius 1 is 1.30 bits per heavy atom. The van der Waals surface area contributed by atoms with E-state index >= 15 is 0 Å². The van der Waals surface area contributed by atoms with Crippen molar-refractivity contribution in [3.8, 4) is 0 Å². The molecule has 1 fully saturated rings. The molecule has 0 amide bonds. The summed E-state index contributed by atoms with van der Waals surface area (Å²) in [5, 5.41) is 10.8. The fourth-order valence-corrected chi connectivity index (χ4v) is 3.90. The Bertz CT molecular complexity index is 541. The lowest BCUT2D eigenvalue weighted by molar-refractivity contribution is 0.456. The van der Waals surface area contributed by atoms with Gasteiger partial charge in [-0.25, -0.2) is 0 Å². The highest BCUT2D eigenvalue weighted by Crippen LogP contribution is 2.25. The van der Waals surface area contributed by atoms with Crippen LogP contribution in [0.25, 0.3) is 10.1 Å². The van der Waals surface area contributed by atoms with Crippen LogP contribution in [0, 0.1) is 0 Å². The summed E-state index contributed by atoms with van der Waals surface area (Å²) in [5.74, 6) is 0. The maximum absolute atomic E-state index is 3.69. The second-order valence-electron chi connectivity index (χ2n) is 5.95. The van der Waals surface area contributed by atoms with Gasteiger partial charge in [0.2, 0.25) is 0 Å². The number of benzene rings is 1. The lowest BCUT2D eigenvalue weighted by Gasteiger charge is -2.22. The number of nitrogens with one attached hydrogen (secondary N) is 2. The van der Waals surface area contributed by atoms with E-state index in [0.29, 0.717) is 12.1 Å². The molecule has 1 saturated heterocycles. The fraction of sp³-hybridized carbons (Fsp3) is 0.529. The van der Waals surface area contributed by atoms with E-state index in [0.717, 1.165) is 0 Å². The van der Waals surface area contributed by atoms with E-state index in [9.17, 15) is 0 Å². The largest absolute Gasteiger partial charge is 0.383 e. The first kappa shape index (κ1) is 13.9. The molecule has 1 aromatic carbocycles. The van der Waals surface area contributed by atoms with E-state index in [-0.39, 0.29) is 0 Å². The first-order valence-corrected chi connectivity index (χ1v) is 8.66. The standard InChI is InChI=1S/C17H24N2S/c1-13(11-15-5-3-2-4-9-18-15)19-16-6-7-17-14(12-16)8-10-20-17/h6-8,10,12-13,15,18-19H,2-5,9,11H2,1H3. The van der Waals surface area contributed by atoms with Gasteiger partial charge in [-0.15, -0.1) is 11.3 Å². The van der Waals surface area contributed by atoms with Crippen LogP contribution in [0.15, 0.2) is 29.6 Å². The van der Waals surface area contributed by atoms with Gasteiger partial charge in [0.1, 0.15) is 0 Å². The van der Waals surface area contributed by atoms with Gasteiger partial charge in [0.15, 0.2) is 0 Å². The minimum absolute atomic E-state index is 0.515. The zero-order valence-corrected chi connectivity index (χ0v) is 13.0. The minimum atomic E-state index is 0.515. The summed E-state index contributed by atoms with van der Waals surface area (Å²) in [6.07, 6.45) is 6.65. The third-order valence-corrected chi connectivity index (χ3v) is 5.06. The number of hydrogen-bond acceptors (Lipinski definition) is 3. The van der Waals surface area contributed by atoms with Gasteiger partial charge >= 0.3 is 0 Å². The van der Waals surface area contributed by atoms with Crippen molar-refractivity contribution in [1.82, 2.24) is 5.32 Å². The van der Waals surface area contributed by atoms with Crippen LogP contribution in [0.1, 0.15) is 39.0 Å². The van der Waals surface area contributed by atoms with Gasteiger partial charge in [-0.2, -0.15) is 0 Å². The molecule has 3 rings (SSSR count). The van der Waals surface area contributed by atoms with Crippen molar-refractivity contribution in [2.24, 2.45) is 0 Å². The second-order valence-corrected chi connectivity index (χ2v) is 6.90. The normalized spacial score (nSPS) is 21.6. The van der Waals surface area contributed by atoms with Crippen LogP contribution in [0.4, 0.5) is 5.69 Å². The lowest BCUT2D eigenvalue weighted by Crippen LogP contribution is -2.33.